The van der Waals surface area contributed by atoms with Crippen molar-refractivity contribution in [3.05, 3.63) is 83.1 Å². The number of para-hydroxylation sites is 2. The predicted octanol–water partition coefficient (Wildman–Crippen LogP) is 5.45. The largest absolute Gasteiger partial charge is 0.479 e. The van der Waals surface area contributed by atoms with E-state index >= 15 is 0 Å². The third-order valence-electron chi connectivity index (χ3n) is 5.19. The highest BCUT2D eigenvalue weighted by Crippen LogP contribution is 2.36. The summed E-state index contributed by atoms with van der Waals surface area (Å²) in [6.45, 7) is 1.70. The average Bonchev–Trinajstić information content (AvgIpc) is 3.44. The van der Waals surface area contributed by atoms with Crippen molar-refractivity contribution in [3.8, 4) is 17.2 Å². The number of rotatable bonds is 6. The molecular weight excluding hydrogens is 446 g/mol. The Balaban J connectivity index is 1.46. The van der Waals surface area contributed by atoms with Crippen LogP contribution < -0.4 is 19.5 Å². The second kappa shape index (κ2) is 8.52. The number of halogens is 1. The van der Waals surface area contributed by atoms with Crippen LogP contribution in [-0.2, 0) is 4.79 Å². The van der Waals surface area contributed by atoms with Crippen LogP contribution in [0.4, 0.5) is 5.69 Å². The third kappa shape index (κ3) is 3.99. The zero-order chi connectivity index (χ0) is 22.9. The van der Waals surface area contributed by atoms with Crippen LogP contribution in [0.2, 0.25) is 5.02 Å². The number of amides is 1. The normalized spacial score (nSPS) is 13.0. The molecule has 2 heterocycles. The highest BCUT2D eigenvalue weighted by molar-refractivity contribution is 6.32. The number of ether oxygens (including phenoxy) is 3. The summed E-state index contributed by atoms with van der Waals surface area (Å²) in [6.07, 6.45) is -0.882. The molecule has 0 fully saturated rings. The zero-order valence-electron chi connectivity index (χ0n) is 17.5. The fourth-order valence-corrected chi connectivity index (χ4v) is 3.69. The van der Waals surface area contributed by atoms with Gasteiger partial charge in [-0.25, -0.2) is 0 Å². The second-order valence-electron chi connectivity index (χ2n) is 7.38. The third-order valence-corrected chi connectivity index (χ3v) is 5.51. The number of hydrogen-bond donors (Lipinski definition) is 1. The first-order chi connectivity index (χ1) is 16.0. The summed E-state index contributed by atoms with van der Waals surface area (Å²) in [4.78, 5) is 26.3. The molecule has 166 valence electrons. The Morgan fingerprint density at radius 1 is 1.00 bits per heavy atom. The summed E-state index contributed by atoms with van der Waals surface area (Å²) in [7, 11) is 0. The number of anilines is 1. The summed E-state index contributed by atoms with van der Waals surface area (Å²) < 4.78 is 22.3. The van der Waals surface area contributed by atoms with E-state index in [-0.39, 0.29) is 18.2 Å². The lowest BCUT2D eigenvalue weighted by Gasteiger charge is -2.15. The molecule has 1 atom stereocenters. The molecule has 1 aromatic heterocycles. The Bertz CT molecular complexity index is 1380. The molecule has 0 aliphatic carbocycles. The molecule has 8 heteroatoms. The number of carbonyl (C=O) groups is 2. The maximum Gasteiger partial charge on any atom is 0.265 e. The van der Waals surface area contributed by atoms with Crippen LogP contribution in [0, 0.1) is 0 Å². The fraction of sp³-hybridized carbons (Fsp3) is 0.120. The molecule has 5 rings (SSSR count). The quantitative estimate of drug-likeness (QED) is 0.382. The van der Waals surface area contributed by atoms with E-state index in [1.165, 1.54) is 0 Å². The molecule has 1 unspecified atom stereocenters. The minimum absolute atomic E-state index is 0.00774. The lowest BCUT2D eigenvalue weighted by atomic mass is 10.1. The summed E-state index contributed by atoms with van der Waals surface area (Å²) in [6, 6.07) is 18.8. The van der Waals surface area contributed by atoms with Crippen LogP contribution in [0.3, 0.4) is 0 Å². The number of benzene rings is 3. The first kappa shape index (κ1) is 20.9. The number of furan rings is 1. The maximum absolute atomic E-state index is 13.3. The molecule has 33 heavy (non-hydrogen) atoms. The minimum atomic E-state index is -0.882. The first-order valence-corrected chi connectivity index (χ1v) is 10.6. The Hall–Kier alpha value is -3.97. The van der Waals surface area contributed by atoms with Crippen LogP contribution in [0.25, 0.3) is 11.0 Å². The zero-order valence-corrected chi connectivity index (χ0v) is 18.2. The molecule has 1 N–H and O–H groups in total. The molecule has 4 aromatic rings. The van der Waals surface area contributed by atoms with Crippen molar-refractivity contribution in [1.29, 1.82) is 0 Å². The lowest BCUT2D eigenvalue weighted by Crippen LogP contribution is -2.30. The number of hydrogen-bond acceptors (Lipinski definition) is 6. The first-order valence-electron chi connectivity index (χ1n) is 10.2. The van der Waals surface area contributed by atoms with E-state index in [2.05, 4.69) is 5.32 Å². The van der Waals surface area contributed by atoms with E-state index in [0.717, 1.165) is 0 Å². The van der Waals surface area contributed by atoms with E-state index in [1.807, 2.05) is 0 Å². The van der Waals surface area contributed by atoms with Gasteiger partial charge in [-0.2, -0.15) is 0 Å². The van der Waals surface area contributed by atoms with Gasteiger partial charge in [-0.05, 0) is 49.4 Å². The molecule has 3 aromatic carbocycles. The van der Waals surface area contributed by atoms with Crippen molar-refractivity contribution in [2.24, 2.45) is 0 Å². The van der Waals surface area contributed by atoms with Crippen LogP contribution in [0.15, 0.2) is 71.1 Å². The van der Waals surface area contributed by atoms with Gasteiger partial charge in [0.15, 0.2) is 23.4 Å². The van der Waals surface area contributed by atoms with Gasteiger partial charge in [0.1, 0.15) is 11.3 Å². The Kier molecular flexibility index (Phi) is 5.40. The van der Waals surface area contributed by atoms with Crippen molar-refractivity contribution in [1.82, 2.24) is 0 Å². The minimum Gasteiger partial charge on any atom is -0.479 e. The summed E-state index contributed by atoms with van der Waals surface area (Å²) >= 11 is 6.13. The smallest absolute Gasteiger partial charge is 0.265 e. The van der Waals surface area contributed by atoms with Gasteiger partial charge in [0, 0.05) is 10.9 Å². The number of carbonyl (C=O) groups excluding carboxylic acids is 2. The number of nitrogens with one attached hydrogen (secondary N) is 1. The average molecular weight is 464 g/mol. The molecule has 0 spiro atoms. The van der Waals surface area contributed by atoms with Crippen molar-refractivity contribution >= 4 is 39.9 Å². The Morgan fingerprint density at radius 3 is 2.61 bits per heavy atom. The summed E-state index contributed by atoms with van der Waals surface area (Å²) in [5.41, 5.74) is 1.08. The standard InChI is InChI=1S/C25H18ClNO6/c1-14(32-19-9-5-3-7-17(19)26)25(29)27-22-16-6-2-4-8-18(16)33-24(22)23(28)15-10-11-20-21(12-15)31-13-30-20/h2-12,14H,13H2,1H3,(H,27,29). The van der Waals surface area contributed by atoms with Crippen molar-refractivity contribution in [2.75, 3.05) is 12.1 Å². The number of ketones is 1. The van der Waals surface area contributed by atoms with Gasteiger partial charge in [0.2, 0.25) is 12.6 Å². The molecule has 1 aliphatic rings. The molecular formula is C25H18ClNO6. The topological polar surface area (TPSA) is 87.0 Å². The van der Waals surface area contributed by atoms with Gasteiger partial charge >= 0.3 is 0 Å². The van der Waals surface area contributed by atoms with Crippen LogP contribution in [0.1, 0.15) is 23.0 Å². The molecule has 1 aliphatic heterocycles. The van der Waals surface area contributed by atoms with E-state index < -0.39 is 17.8 Å². The van der Waals surface area contributed by atoms with Crippen LogP contribution in [-0.4, -0.2) is 24.6 Å². The molecule has 1 amide bonds. The summed E-state index contributed by atoms with van der Waals surface area (Å²) in [5.74, 6) is 0.573. The van der Waals surface area contributed by atoms with E-state index in [9.17, 15) is 9.59 Å². The van der Waals surface area contributed by atoms with Crippen molar-refractivity contribution in [3.63, 3.8) is 0 Å². The molecule has 0 bridgehead atoms. The SMILES string of the molecule is CC(Oc1ccccc1Cl)C(=O)Nc1c(C(=O)c2ccc3c(c2)OCO3)oc2ccccc12. The fourth-order valence-electron chi connectivity index (χ4n) is 3.51. The van der Waals surface area contributed by atoms with Gasteiger partial charge in [0.05, 0.1) is 10.7 Å². The van der Waals surface area contributed by atoms with Gasteiger partial charge < -0.3 is 23.9 Å². The van der Waals surface area contributed by atoms with E-state index in [1.54, 1.807) is 73.7 Å². The highest BCUT2D eigenvalue weighted by atomic mass is 35.5. The maximum atomic E-state index is 13.3. The van der Waals surface area contributed by atoms with Gasteiger partial charge in [-0.3, -0.25) is 9.59 Å². The van der Waals surface area contributed by atoms with Gasteiger partial charge in [-0.1, -0.05) is 35.9 Å². The van der Waals surface area contributed by atoms with Crippen LogP contribution in [0.5, 0.6) is 17.2 Å². The predicted molar refractivity (Wildman–Crippen MR) is 122 cm³/mol. The second-order valence-corrected chi connectivity index (χ2v) is 7.79. The van der Waals surface area contributed by atoms with E-state index in [0.29, 0.717) is 38.8 Å². The molecule has 7 nitrogen and oxygen atoms in total. The Morgan fingerprint density at radius 2 is 1.76 bits per heavy atom. The molecule has 0 saturated heterocycles. The summed E-state index contributed by atoms with van der Waals surface area (Å²) in [5, 5.41) is 3.79. The lowest BCUT2D eigenvalue weighted by molar-refractivity contribution is -0.122. The highest BCUT2D eigenvalue weighted by Gasteiger charge is 2.27. The van der Waals surface area contributed by atoms with Crippen LogP contribution >= 0.6 is 11.6 Å². The number of fused-ring (bicyclic) bond motifs is 2. The van der Waals surface area contributed by atoms with Gasteiger partial charge in [0.25, 0.3) is 5.91 Å². The van der Waals surface area contributed by atoms with Crippen molar-refractivity contribution in [2.45, 2.75) is 13.0 Å². The molecule has 0 radical (unpaired) electrons. The van der Waals surface area contributed by atoms with Gasteiger partial charge in [-0.15, -0.1) is 0 Å². The van der Waals surface area contributed by atoms with E-state index in [4.69, 9.17) is 30.2 Å². The monoisotopic (exact) mass is 463 g/mol. The van der Waals surface area contributed by atoms with Crippen molar-refractivity contribution < 1.29 is 28.2 Å². The Labute approximate surface area is 193 Å². The molecule has 0 saturated carbocycles.